The van der Waals surface area contributed by atoms with Crippen LogP contribution >= 0.6 is 0 Å². The van der Waals surface area contributed by atoms with Gasteiger partial charge < -0.3 is 15.9 Å². The molecule has 1 atom stereocenters. The molecule has 13 heavy (non-hydrogen) atoms. The van der Waals surface area contributed by atoms with Crippen molar-refractivity contribution in [2.75, 3.05) is 0 Å². The van der Waals surface area contributed by atoms with Crippen molar-refractivity contribution in [3.8, 4) is 5.75 Å². The number of aliphatic carboxylic acids is 1. The maximum Gasteiger partial charge on any atom is 0.320 e. The molecular formula is C9H11NO3. The number of carbonyl (C=O) groups is 1. The zero-order valence-electron chi connectivity index (χ0n) is 6.97. The summed E-state index contributed by atoms with van der Waals surface area (Å²) >= 11 is 0. The fourth-order valence-corrected chi connectivity index (χ4v) is 0.973. The third-order valence-corrected chi connectivity index (χ3v) is 1.71. The Balaban J connectivity index is 2.64. The summed E-state index contributed by atoms with van der Waals surface area (Å²) in [7, 11) is 0. The standard InChI is InChI=1S/C9H11NO3/c10-8(9(12)13)5-6-1-3-7(11)4-2-6/h1-4,8,11H,5,10H2,(H,12,13)/t8-/m1/s1/i9-1. The van der Waals surface area contributed by atoms with Gasteiger partial charge in [-0.25, -0.2) is 0 Å². The van der Waals surface area contributed by atoms with Crippen LogP contribution in [-0.2, 0) is 11.2 Å². The van der Waals surface area contributed by atoms with E-state index in [1.807, 2.05) is 0 Å². The Morgan fingerprint density at radius 2 is 1.92 bits per heavy atom. The molecule has 0 amide bonds. The van der Waals surface area contributed by atoms with Crippen molar-refractivity contribution < 1.29 is 15.0 Å². The Morgan fingerprint density at radius 1 is 1.38 bits per heavy atom. The number of phenolic OH excluding ortho intramolecular Hbond substituents is 1. The van der Waals surface area contributed by atoms with E-state index in [2.05, 4.69) is 0 Å². The van der Waals surface area contributed by atoms with E-state index in [4.69, 9.17) is 15.9 Å². The Hall–Kier alpha value is -1.55. The maximum atomic E-state index is 10.4. The molecule has 0 aliphatic heterocycles. The van der Waals surface area contributed by atoms with Gasteiger partial charge in [0, 0.05) is 0 Å². The summed E-state index contributed by atoms with van der Waals surface area (Å²) < 4.78 is 0. The Morgan fingerprint density at radius 3 is 2.38 bits per heavy atom. The van der Waals surface area contributed by atoms with Crippen molar-refractivity contribution in [2.24, 2.45) is 5.73 Å². The van der Waals surface area contributed by atoms with Gasteiger partial charge in [0.25, 0.3) is 0 Å². The van der Waals surface area contributed by atoms with E-state index in [0.717, 1.165) is 5.56 Å². The van der Waals surface area contributed by atoms with Crippen LogP contribution in [0.2, 0.25) is 0 Å². The van der Waals surface area contributed by atoms with E-state index in [1.54, 1.807) is 12.1 Å². The van der Waals surface area contributed by atoms with Crippen LogP contribution in [0.4, 0.5) is 0 Å². The minimum Gasteiger partial charge on any atom is -0.508 e. The van der Waals surface area contributed by atoms with E-state index < -0.39 is 12.0 Å². The molecule has 0 fully saturated rings. The van der Waals surface area contributed by atoms with Gasteiger partial charge in [0.05, 0.1) is 0 Å². The third-order valence-electron chi connectivity index (χ3n) is 1.71. The average molecular weight is 180 g/mol. The quantitative estimate of drug-likeness (QED) is 0.626. The molecule has 0 saturated heterocycles. The van der Waals surface area contributed by atoms with Gasteiger partial charge in [-0.15, -0.1) is 0 Å². The molecule has 1 aromatic carbocycles. The molecule has 70 valence electrons. The lowest BCUT2D eigenvalue weighted by Crippen LogP contribution is -2.32. The molecule has 0 radical (unpaired) electrons. The largest absolute Gasteiger partial charge is 0.508 e. The lowest BCUT2D eigenvalue weighted by Gasteiger charge is -2.05. The molecule has 0 bridgehead atoms. The molecule has 4 N–H and O–H groups in total. The van der Waals surface area contributed by atoms with Crippen LogP contribution in [-0.4, -0.2) is 22.2 Å². The summed E-state index contributed by atoms with van der Waals surface area (Å²) in [5, 5.41) is 17.5. The molecule has 4 heteroatoms. The van der Waals surface area contributed by atoms with Crippen LogP contribution in [0.15, 0.2) is 24.3 Å². The Bertz CT molecular complexity index is 294. The second-order valence-electron chi connectivity index (χ2n) is 2.82. The summed E-state index contributed by atoms with van der Waals surface area (Å²) in [6.45, 7) is 0. The van der Waals surface area contributed by atoms with E-state index in [9.17, 15) is 4.79 Å². The topological polar surface area (TPSA) is 83.5 Å². The first-order valence-electron chi connectivity index (χ1n) is 3.86. The van der Waals surface area contributed by atoms with Gasteiger partial charge in [-0.1, -0.05) is 12.1 Å². The highest BCUT2D eigenvalue weighted by Crippen LogP contribution is 2.10. The van der Waals surface area contributed by atoms with Crippen molar-refractivity contribution in [1.29, 1.82) is 0 Å². The van der Waals surface area contributed by atoms with Crippen molar-refractivity contribution in [2.45, 2.75) is 12.5 Å². The van der Waals surface area contributed by atoms with Gasteiger partial charge >= 0.3 is 5.97 Å². The van der Waals surface area contributed by atoms with Crippen LogP contribution in [0.5, 0.6) is 5.75 Å². The Kier molecular flexibility index (Phi) is 2.87. The van der Waals surface area contributed by atoms with Crippen LogP contribution in [0, 0.1) is 0 Å². The summed E-state index contributed by atoms with van der Waals surface area (Å²) in [4.78, 5) is 10.4. The van der Waals surface area contributed by atoms with Gasteiger partial charge in [0.1, 0.15) is 11.8 Å². The number of phenols is 1. The van der Waals surface area contributed by atoms with Crippen molar-refractivity contribution in [1.82, 2.24) is 0 Å². The molecule has 0 heterocycles. The zero-order valence-corrected chi connectivity index (χ0v) is 6.97. The van der Waals surface area contributed by atoms with E-state index >= 15 is 0 Å². The molecule has 0 aliphatic rings. The number of benzene rings is 1. The first-order chi connectivity index (χ1) is 6.09. The van der Waals surface area contributed by atoms with Crippen LogP contribution in [0.1, 0.15) is 5.56 Å². The van der Waals surface area contributed by atoms with E-state index in [0.29, 0.717) is 0 Å². The summed E-state index contributed by atoms with van der Waals surface area (Å²) in [5.41, 5.74) is 6.12. The monoisotopic (exact) mass is 180 g/mol. The zero-order chi connectivity index (χ0) is 9.84. The minimum absolute atomic E-state index is 0.160. The van der Waals surface area contributed by atoms with Crippen molar-refractivity contribution in [3.63, 3.8) is 0 Å². The van der Waals surface area contributed by atoms with E-state index in [-0.39, 0.29) is 12.2 Å². The molecule has 0 saturated carbocycles. The summed E-state index contributed by atoms with van der Waals surface area (Å²) in [6, 6.07) is 5.42. The molecule has 0 unspecified atom stereocenters. The molecule has 0 aliphatic carbocycles. The van der Waals surface area contributed by atoms with Gasteiger partial charge in [-0.05, 0) is 24.1 Å². The molecule has 1 aromatic rings. The lowest BCUT2D eigenvalue weighted by atomic mass is 9.89. The van der Waals surface area contributed by atoms with Gasteiger partial charge in [0.15, 0.2) is 0 Å². The predicted octanol–water partition coefficient (Wildman–Crippen LogP) is 0.347. The second kappa shape index (κ2) is 3.91. The highest BCUT2D eigenvalue weighted by Gasteiger charge is 2.11. The highest BCUT2D eigenvalue weighted by atomic mass is 16.3. The number of hydrogen-bond donors (Lipinski definition) is 3. The van der Waals surface area contributed by atoms with Gasteiger partial charge in [-0.3, -0.25) is 4.79 Å². The third kappa shape index (κ3) is 2.76. The average Bonchev–Trinajstić information content (AvgIpc) is 2.08. The number of hydrogen-bond acceptors (Lipinski definition) is 3. The van der Waals surface area contributed by atoms with Crippen molar-refractivity contribution in [3.05, 3.63) is 29.8 Å². The van der Waals surface area contributed by atoms with Crippen molar-refractivity contribution >= 4 is 5.97 Å². The Labute approximate surface area is 75.6 Å². The van der Waals surface area contributed by atoms with Crippen LogP contribution < -0.4 is 5.73 Å². The molecule has 0 spiro atoms. The molecular weight excluding hydrogens is 169 g/mol. The normalized spacial score (nSPS) is 12.4. The molecule has 1 rings (SSSR count). The number of carboxylic acids is 1. The summed E-state index contributed by atoms with van der Waals surface area (Å²) in [6.07, 6.45) is 0.273. The molecule has 0 aromatic heterocycles. The number of rotatable bonds is 3. The van der Waals surface area contributed by atoms with Gasteiger partial charge in [0.2, 0.25) is 0 Å². The van der Waals surface area contributed by atoms with Gasteiger partial charge in [-0.2, -0.15) is 0 Å². The SMILES string of the molecule is N[C@H](Cc1ccc(O)cc1)[11C](=O)O. The minimum atomic E-state index is -1.02. The number of nitrogens with two attached hydrogens (primary N) is 1. The van der Waals surface area contributed by atoms with E-state index in [1.165, 1.54) is 12.1 Å². The highest BCUT2D eigenvalue weighted by molar-refractivity contribution is 5.73. The van der Waals surface area contributed by atoms with Crippen LogP contribution in [0.25, 0.3) is 0 Å². The second-order valence-corrected chi connectivity index (χ2v) is 2.82. The fraction of sp³-hybridized carbons (Fsp3) is 0.222. The van der Waals surface area contributed by atoms with Crippen LogP contribution in [0.3, 0.4) is 0 Å². The fourth-order valence-electron chi connectivity index (χ4n) is 0.973. The lowest BCUT2D eigenvalue weighted by molar-refractivity contribution is -0.138. The first kappa shape index (κ1) is 9.54. The smallest absolute Gasteiger partial charge is 0.320 e. The molecule has 4 nitrogen and oxygen atoms in total. The first-order valence-corrected chi connectivity index (χ1v) is 3.86. The summed E-state index contributed by atoms with van der Waals surface area (Å²) in [5.74, 6) is -0.860. The number of aromatic hydroxyl groups is 1. The number of carboxylic acid groups (broad SMARTS) is 1. The maximum absolute atomic E-state index is 10.4. The predicted molar refractivity (Wildman–Crippen MR) is 47.4 cm³/mol.